The fraction of sp³-hybridized carbons (Fsp3) is 0.417. The van der Waals surface area contributed by atoms with Crippen LogP contribution >= 0.6 is 0 Å². The van der Waals surface area contributed by atoms with Crippen LogP contribution < -0.4 is 30.0 Å². The molecule has 1 unspecified atom stereocenters. The highest BCUT2D eigenvalue weighted by molar-refractivity contribution is 5.95. The maximum absolute atomic E-state index is 13.0. The second-order valence-electron chi connectivity index (χ2n) is 7.19. The van der Waals surface area contributed by atoms with Gasteiger partial charge >= 0.3 is 0 Å². The van der Waals surface area contributed by atoms with Crippen LogP contribution in [0.5, 0.6) is 23.0 Å². The Morgan fingerprint density at radius 2 is 1.64 bits per heavy atom. The molecule has 33 heavy (non-hydrogen) atoms. The van der Waals surface area contributed by atoms with Crippen LogP contribution in [0.25, 0.3) is 0 Å². The summed E-state index contributed by atoms with van der Waals surface area (Å²) in [4.78, 5) is 26.4. The van der Waals surface area contributed by atoms with Crippen molar-refractivity contribution in [3.63, 3.8) is 0 Å². The molecule has 0 heterocycles. The van der Waals surface area contributed by atoms with Crippen LogP contribution in [0.15, 0.2) is 36.4 Å². The Morgan fingerprint density at radius 3 is 2.15 bits per heavy atom. The Bertz CT molecular complexity index is 921. The number of hydrogen-bond donors (Lipinski definition) is 2. The molecule has 9 heteroatoms. The summed E-state index contributed by atoms with van der Waals surface area (Å²) in [6, 6.07) is 10.9. The fourth-order valence-corrected chi connectivity index (χ4v) is 3.56. The first-order valence-corrected chi connectivity index (χ1v) is 10.7. The summed E-state index contributed by atoms with van der Waals surface area (Å²) in [7, 11) is 4.50. The molecule has 2 aromatic carbocycles. The van der Waals surface area contributed by atoms with Crippen molar-refractivity contribution < 1.29 is 28.5 Å². The third-order valence-electron chi connectivity index (χ3n) is 5.27. The van der Waals surface area contributed by atoms with Gasteiger partial charge in [-0.25, -0.2) is 0 Å². The topological polar surface area (TPSA) is 112 Å². The first-order valence-electron chi connectivity index (χ1n) is 10.7. The number of carbonyl (C=O) groups is 2. The molecule has 0 aliphatic carbocycles. The minimum Gasteiger partial charge on any atom is -0.497 e. The van der Waals surface area contributed by atoms with Crippen LogP contribution in [0.1, 0.15) is 35.8 Å². The number of rotatable bonds is 13. The molecular weight excluding hydrogens is 426 g/mol. The van der Waals surface area contributed by atoms with E-state index in [9.17, 15) is 9.59 Å². The summed E-state index contributed by atoms with van der Waals surface area (Å²) in [5.74, 6) is 0.543. The van der Waals surface area contributed by atoms with Crippen LogP contribution in [0.4, 0.5) is 0 Å². The lowest BCUT2D eigenvalue weighted by molar-refractivity contribution is -0.120. The van der Waals surface area contributed by atoms with Gasteiger partial charge in [0.15, 0.2) is 18.1 Å². The largest absolute Gasteiger partial charge is 0.497 e. The molecular formula is C24H33N3O6. The van der Waals surface area contributed by atoms with Gasteiger partial charge in [-0.15, -0.1) is 0 Å². The molecule has 0 spiro atoms. The molecule has 0 saturated carbocycles. The van der Waals surface area contributed by atoms with Gasteiger partial charge < -0.3 is 30.0 Å². The number of carbonyl (C=O) groups excluding carboxylic acids is 2. The smallest absolute Gasteiger partial charge is 0.255 e. The van der Waals surface area contributed by atoms with Crippen molar-refractivity contribution in [2.75, 3.05) is 47.6 Å². The summed E-state index contributed by atoms with van der Waals surface area (Å²) in [6.07, 6.45) is 0. The molecule has 3 N–H and O–H groups in total. The predicted octanol–water partition coefficient (Wildman–Crippen LogP) is 2.39. The average Bonchev–Trinajstić information content (AvgIpc) is 2.84. The zero-order chi connectivity index (χ0) is 24.4. The molecule has 9 nitrogen and oxygen atoms in total. The zero-order valence-corrected chi connectivity index (χ0v) is 19.8. The van der Waals surface area contributed by atoms with Gasteiger partial charge in [0, 0.05) is 12.1 Å². The van der Waals surface area contributed by atoms with Crippen LogP contribution in [0.2, 0.25) is 0 Å². The van der Waals surface area contributed by atoms with E-state index in [0.29, 0.717) is 12.1 Å². The highest BCUT2D eigenvalue weighted by Gasteiger charge is 2.22. The molecule has 0 fully saturated rings. The summed E-state index contributed by atoms with van der Waals surface area (Å²) in [5, 5.41) is 3.01. The van der Waals surface area contributed by atoms with E-state index in [1.54, 1.807) is 7.11 Å². The number of benzene rings is 2. The van der Waals surface area contributed by atoms with Gasteiger partial charge in [-0.1, -0.05) is 26.0 Å². The van der Waals surface area contributed by atoms with Gasteiger partial charge in [-0.2, -0.15) is 0 Å². The van der Waals surface area contributed by atoms with E-state index in [1.807, 2.05) is 24.3 Å². The molecule has 0 aliphatic rings. The summed E-state index contributed by atoms with van der Waals surface area (Å²) < 4.78 is 21.5. The first-order chi connectivity index (χ1) is 15.9. The van der Waals surface area contributed by atoms with Gasteiger partial charge in [0.2, 0.25) is 5.75 Å². The predicted molar refractivity (Wildman–Crippen MR) is 125 cm³/mol. The standard InChI is InChI=1S/C24H33N3O6/c1-6-27(7-2)19(16-9-8-10-18(11-16)30-3)14-26-24(29)17-12-20(31-4)23(21(13-17)32-5)33-15-22(25)28/h8-13,19H,6-7,14-15H2,1-5H3,(H2,25,28)(H,26,29). The van der Waals surface area contributed by atoms with Crippen molar-refractivity contribution in [1.82, 2.24) is 10.2 Å². The number of nitrogens with one attached hydrogen (secondary N) is 1. The van der Waals surface area contributed by atoms with Gasteiger partial charge in [-0.05, 0) is 42.9 Å². The molecule has 2 rings (SSSR count). The van der Waals surface area contributed by atoms with E-state index in [4.69, 9.17) is 24.7 Å². The zero-order valence-electron chi connectivity index (χ0n) is 19.8. The van der Waals surface area contributed by atoms with E-state index in [1.165, 1.54) is 26.4 Å². The number of likely N-dealkylation sites (N-methyl/N-ethyl adjacent to an activating group) is 1. The lowest BCUT2D eigenvalue weighted by Crippen LogP contribution is -2.38. The SMILES string of the molecule is CCN(CC)C(CNC(=O)c1cc(OC)c(OCC(N)=O)c(OC)c1)c1cccc(OC)c1. The van der Waals surface area contributed by atoms with Gasteiger partial charge in [0.1, 0.15) is 5.75 Å². The van der Waals surface area contributed by atoms with Crippen molar-refractivity contribution in [3.05, 3.63) is 47.5 Å². The van der Waals surface area contributed by atoms with Crippen molar-refractivity contribution >= 4 is 11.8 Å². The first kappa shape index (κ1) is 25.8. The third-order valence-corrected chi connectivity index (χ3v) is 5.27. The van der Waals surface area contributed by atoms with E-state index in [0.717, 1.165) is 24.4 Å². The van der Waals surface area contributed by atoms with Crippen LogP contribution in [-0.4, -0.2) is 64.3 Å². The molecule has 180 valence electrons. The van der Waals surface area contributed by atoms with Crippen LogP contribution in [0, 0.1) is 0 Å². The Balaban J connectivity index is 2.27. The van der Waals surface area contributed by atoms with Crippen LogP contribution in [-0.2, 0) is 4.79 Å². The molecule has 1 atom stereocenters. The molecule has 0 aliphatic heterocycles. The molecule has 0 bridgehead atoms. The van der Waals surface area contributed by atoms with Gasteiger partial charge in [0.25, 0.3) is 11.8 Å². The quantitative estimate of drug-likeness (QED) is 0.473. The second kappa shape index (κ2) is 12.5. The highest BCUT2D eigenvalue weighted by atomic mass is 16.5. The minimum absolute atomic E-state index is 0.0407. The van der Waals surface area contributed by atoms with Crippen molar-refractivity contribution in [2.45, 2.75) is 19.9 Å². The second-order valence-corrected chi connectivity index (χ2v) is 7.19. The normalized spacial score (nSPS) is 11.6. The number of amides is 2. The van der Waals surface area contributed by atoms with Crippen LogP contribution in [0.3, 0.4) is 0 Å². The number of ether oxygens (including phenoxy) is 4. The maximum Gasteiger partial charge on any atom is 0.255 e. The van der Waals surface area contributed by atoms with Gasteiger partial charge in [-0.3, -0.25) is 14.5 Å². The summed E-state index contributed by atoms with van der Waals surface area (Å²) >= 11 is 0. The molecule has 0 radical (unpaired) electrons. The summed E-state index contributed by atoms with van der Waals surface area (Å²) in [6.45, 7) is 5.85. The fourth-order valence-electron chi connectivity index (χ4n) is 3.56. The van der Waals surface area contributed by atoms with Crippen molar-refractivity contribution in [3.8, 4) is 23.0 Å². The Morgan fingerprint density at radius 1 is 1.00 bits per heavy atom. The lowest BCUT2D eigenvalue weighted by atomic mass is 10.0. The lowest BCUT2D eigenvalue weighted by Gasteiger charge is -2.30. The maximum atomic E-state index is 13.0. The van der Waals surface area contributed by atoms with E-state index in [2.05, 4.69) is 24.1 Å². The molecule has 2 aromatic rings. The Kier molecular flexibility index (Phi) is 9.81. The average molecular weight is 460 g/mol. The van der Waals surface area contributed by atoms with Gasteiger partial charge in [0.05, 0.1) is 27.4 Å². The monoisotopic (exact) mass is 459 g/mol. The number of hydrogen-bond acceptors (Lipinski definition) is 7. The minimum atomic E-state index is -0.638. The van der Waals surface area contributed by atoms with Crippen molar-refractivity contribution in [1.29, 1.82) is 0 Å². The Labute approximate surface area is 194 Å². The molecule has 2 amide bonds. The third kappa shape index (κ3) is 6.76. The number of nitrogens with zero attached hydrogens (tertiary/aromatic N) is 1. The van der Waals surface area contributed by atoms with E-state index >= 15 is 0 Å². The molecule has 0 saturated heterocycles. The number of primary amides is 1. The number of methoxy groups -OCH3 is 3. The Hall–Kier alpha value is -3.46. The van der Waals surface area contributed by atoms with E-state index < -0.39 is 5.91 Å². The highest BCUT2D eigenvalue weighted by Crippen LogP contribution is 2.38. The van der Waals surface area contributed by atoms with Crippen molar-refractivity contribution in [2.24, 2.45) is 5.73 Å². The number of nitrogens with two attached hydrogens (primary N) is 1. The summed E-state index contributed by atoms with van der Waals surface area (Å²) in [5.41, 5.74) is 6.54. The molecule has 0 aromatic heterocycles. The van der Waals surface area contributed by atoms with E-state index in [-0.39, 0.29) is 35.8 Å².